The molecule has 0 amide bonds. The van der Waals surface area contributed by atoms with Crippen LogP contribution in [0.15, 0.2) is 72.9 Å². The quantitative estimate of drug-likeness (QED) is 0.259. The number of pyridine rings is 1. The van der Waals surface area contributed by atoms with E-state index in [4.69, 9.17) is 9.97 Å². The molecule has 1 fully saturated rings. The standard InChI is InChI=1S/C31H35F3N8/c1-30(2,3)24-11-9-23(10-12-24)20-37-28-38-27(36-19-22-7-5-4-6-8-22)39-29(40-28)42-17-15-41(16-18-42)26-14-13-25(21-35-26)31(32,33)34/h4-14,21H,15-20H2,1-3H3,(H2,36,37,38,39,40). The van der Waals surface area contributed by atoms with Gasteiger partial charge >= 0.3 is 6.18 Å². The molecule has 0 bridgehead atoms. The van der Waals surface area contributed by atoms with Crippen molar-refractivity contribution in [3.8, 4) is 0 Å². The second kappa shape index (κ2) is 12.2. The molecule has 0 radical (unpaired) electrons. The first-order valence-corrected chi connectivity index (χ1v) is 13.9. The second-order valence-electron chi connectivity index (χ2n) is 11.3. The van der Waals surface area contributed by atoms with E-state index < -0.39 is 11.7 Å². The lowest BCUT2D eigenvalue weighted by Crippen LogP contribution is -2.47. The summed E-state index contributed by atoms with van der Waals surface area (Å²) in [6, 6.07) is 21.0. The normalized spacial score (nSPS) is 14.1. The summed E-state index contributed by atoms with van der Waals surface area (Å²) < 4.78 is 38.8. The highest BCUT2D eigenvalue weighted by Gasteiger charge is 2.31. The number of anilines is 4. The fourth-order valence-electron chi connectivity index (χ4n) is 4.62. The molecule has 1 aliphatic heterocycles. The number of nitrogens with one attached hydrogen (secondary N) is 2. The molecule has 2 N–H and O–H groups in total. The third-order valence-corrected chi connectivity index (χ3v) is 7.15. The summed E-state index contributed by atoms with van der Waals surface area (Å²) in [5.74, 6) is 1.97. The molecule has 42 heavy (non-hydrogen) atoms. The Hall–Kier alpha value is -4.41. The number of piperazine rings is 1. The Morgan fingerprint density at radius 2 is 1.21 bits per heavy atom. The maximum absolute atomic E-state index is 12.9. The molecule has 0 spiro atoms. The molecule has 0 unspecified atom stereocenters. The second-order valence-corrected chi connectivity index (χ2v) is 11.3. The van der Waals surface area contributed by atoms with Crippen LogP contribution < -0.4 is 20.4 Å². The van der Waals surface area contributed by atoms with Crippen LogP contribution in [0.5, 0.6) is 0 Å². The van der Waals surface area contributed by atoms with Crippen LogP contribution in [-0.2, 0) is 24.7 Å². The molecule has 1 saturated heterocycles. The molecule has 2 aromatic heterocycles. The summed E-state index contributed by atoms with van der Waals surface area (Å²) in [6.45, 7) is 9.99. The molecule has 0 saturated carbocycles. The molecule has 11 heteroatoms. The lowest BCUT2D eigenvalue weighted by molar-refractivity contribution is -0.137. The number of hydrogen-bond acceptors (Lipinski definition) is 8. The van der Waals surface area contributed by atoms with Gasteiger partial charge < -0.3 is 20.4 Å². The van der Waals surface area contributed by atoms with Crippen molar-refractivity contribution in [3.63, 3.8) is 0 Å². The maximum atomic E-state index is 12.9. The first-order chi connectivity index (χ1) is 20.0. The molecule has 4 aromatic rings. The molecular formula is C31H35F3N8. The highest BCUT2D eigenvalue weighted by Crippen LogP contribution is 2.30. The number of rotatable bonds is 8. The molecule has 8 nitrogen and oxygen atoms in total. The van der Waals surface area contributed by atoms with E-state index >= 15 is 0 Å². The number of halogens is 3. The summed E-state index contributed by atoms with van der Waals surface area (Å²) in [5, 5.41) is 6.66. The zero-order valence-electron chi connectivity index (χ0n) is 24.0. The Morgan fingerprint density at radius 3 is 1.74 bits per heavy atom. The van der Waals surface area contributed by atoms with Gasteiger partial charge in [0.25, 0.3) is 0 Å². The first kappa shape index (κ1) is 29.1. The number of nitrogens with zero attached hydrogens (tertiary/aromatic N) is 6. The van der Waals surface area contributed by atoms with Crippen molar-refractivity contribution in [1.29, 1.82) is 0 Å². The number of benzene rings is 2. The van der Waals surface area contributed by atoms with Gasteiger partial charge in [0, 0.05) is 45.5 Å². The number of alkyl halides is 3. The van der Waals surface area contributed by atoms with Gasteiger partial charge in [-0.05, 0) is 34.2 Å². The van der Waals surface area contributed by atoms with Gasteiger partial charge in [0.2, 0.25) is 17.8 Å². The Kier molecular flexibility index (Phi) is 8.46. The Morgan fingerprint density at radius 1 is 0.667 bits per heavy atom. The SMILES string of the molecule is CC(C)(C)c1ccc(CNc2nc(NCc3ccccc3)nc(N3CCN(c4ccc(C(F)(F)F)cn4)CC3)n2)cc1. The van der Waals surface area contributed by atoms with Crippen LogP contribution in [0.25, 0.3) is 0 Å². The van der Waals surface area contributed by atoms with Crippen LogP contribution in [0.4, 0.5) is 36.8 Å². The highest BCUT2D eigenvalue weighted by atomic mass is 19.4. The molecule has 3 heterocycles. The number of hydrogen-bond donors (Lipinski definition) is 2. The van der Waals surface area contributed by atoms with Crippen LogP contribution >= 0.6 is 0 Å². The average molecular weight is 577 g/mol. The van der Waals surface area contributed by atoms with E-state index in [1.54, 1.807) is 0 Å². The van der Waals surface area contributed by atoms with Gasteiger partial charge in [0.15, 0.2) is 0 Å². The van der Waals surface area contributed by atoms with Gasteiger partial charge in [-0.3, -0.25) is 0 Å². The van der Waals surface area contributed by atoms with Crippen LogP contribution in [0, 0.1) is 0 Å². The minimum absolute atomic E-state index is 0.0843. The lowest BCUT2D eigenvalue weighted by Gasteiger charge is -2.35. The smallest absolute Gasteiger partial charge is 0.353 e. The monoisotopic (exact) mass is 576 g/mol. The van der Waals surface area contributed by atoms with E-state index in [1.165, 1.54) is 11.6 Å². The fraction of sp³-hybridized carbons (Fsp3) is 0.355. The minimum atomic E-state index is -4.41. The maximum Gasteiger partial charge on any atom is 0.417 e. The Bertz CT molecular complexity index is 1450. The molecule has 0 aliphatic carbocycles. The van der Waals surface area contributed by atoms with Gasteiger partial charge in [-0.2, -0.15) is 28.1 Å². The Labute approximate surface area is 244 Å². The van der Waals surface area contributed by atoms with Crippen LogP contribution in [-0.4, -0.2) is 46.1 Å². The molecule has 5 rings (SSSR count). The largest absolute Gasteiger partial charge is 0.417 e. The van der Waals surface area contributed by atoms with Crippen molar-refractivity contribution >= 4 is 23.7 Å². The van der Waals surface area contributed by atoms with E-state index in [2.05, 4.69) is 70.5 Å². The van der Waals surface area contributed by atoms with Crippen molar-refractivity contribution in [1.82, 2.24) is 19.9 Å². The van der Waals surface area contributed by atoms with Crippen LogP contribution in [0.2, 0.25) is 0 Å². The van der Waals surface area contributed by atoms with Crippen molar-refractivity contribution in [2.75, 3.05) is 46.6 Å². The van der Waals surface area contributed by atoms with Crippen LogP contribution in [0.1, 0.15) is 43.0 Å². The third-order valence-electron chi connectivity index (χ3n) is 7.15. The Balaban J connectivity index is 1.29. The number of aromatic nitrogens is 4. The summed E-state index contributed by atoms with van der Waals surface area (Å²) in [7, 11) is 0. The zero-order chi connectivity index (χ0) is 29.7. The fourth-order valence-corrected chi connectivity index (χ4v) is 4.62. The molecule has 2 aromatic carbocycles. The summed E-state index contributed by atoms with van der Waals surface area (Å²) in [4.78, 5) is 22.1. The van der Waals surface area contributed by atoms with Gasteiger partial charge in [0.05, 0.1) is 5.56 Å². The van der Waals surface area contributed by atoms with Crippen molar-refractivity contribution in [3.05, 3.63) is 95.2 Å². The summed E-state index contributed by atoms with van der Waals surface area (Å²) in [5.41, 5.74) is 2.82. The van der Waals surface area contributed by atoms with Gasteiger partial charge in [0.1, 0.15) is 5.82 Å². The van der Waals surface area contributed by atoms with E-state index in [-0.39, 0.29) is 5.41 Å². The van der Waals surface area contributed by atoms with E-state index in [1.807, 2.05) is 35.2 Å². The first-order valence-electron chi connectivity index (χ1n) is 13.9. The van der Waals surface area contributed by atoms with Gasteiger partial charge in [-0.15, -0.1) is 0 Å². The minimum Gasteiger partial charge on any atom is -0.353 e. The molecule has 0 atom stereocenters. The predicted molar refractivity (Wildman–Crippen MR) is 160 cm³/mol. The van der Waals surface area contributed by atoms with Crippen molar-refractivity contribution in [2.45, 2.75) is 45.5 Å². The lowest BCUT2D eigenvalue weighted by atomic mass is 9.87. The summed E-state index contributed by atoms with van der Waals surface area (Å²) >= 11 is 0. The van der Waals surface area contributed by atoms with Crippen LogP contribution in [0.3, 0.4) is 0 Å². The summed E-state index contributed by atoms with van der Waals surface area (Å²) in [6.07, 6.45) is -3.52. The van der Waals surface area contributed by atoms with Gasteiger partial charge in [-0.25, -0.2) is 4.98 Å². The van der Waals surface area contributed by atoms with E-state index in [9.17, 15) is 13.2 Å². The highest BCUT2D eigenvalue weighted by molar-refractivity contribution is 5.47. The third kappa shape index (κ3) is 7.45. The molecule has 1 aliphatic rings. The van der Waals surface area contributed by atoms with Gasteiger partial charge in [-0.1, -0.05) is 75.4 Å². The average Bonchev–Trinajstić information content (AvgIpc) is 2.99. The van der Waals surface area contributed by atoms with E-state index in [0.29, 0.717) is 62.9 Å². The zero-order valence-corrected chi connectivity index (χ0v) is 24.0. The molecular weight excluding hydrogens is 541 g/mol. The topological polar surface area (TPSA) is 82.1 Å². The van der Waals surface area contributed by atoms with Crippen molar-refractivity contribution < 1.29 is 13.2 Å². The van der Waals surface area contributed by atoms with E-state index in [0.717, 1.165) is 23.4 Å². The molecule has 220 valence electrons. The van der Waals surface area contributed by atoms with Crippen molar-refractivity contribution in [2.24, 2.45) is 0 Å². The predicted octanol–water partition coefficient (Wildman–Crippen LogP) is 6.13.